The van der Waals surface area contributed by atoms with Gasteiger partial charge >= 0.3 is 5.97 Å². The van der Waals surface area contributed by atoms with Gasteiger partial charge in [0, 0.05) is 18.0 Å². The van der Waals surface area contributed by atoms with Crippen molar-refractivity contribution in [2.24, 2.45) is 5.73 Å². The molecule has 3 N–H and O–H groups in total. The summed E-state index contributed by atoms with van der Waals surface area (Å²) in [4.78, 5) is 11.1. The van der Waals surface area contributed by atoms with Gasteiger partial charge in [0.05, 0.1) is 20.3 Å². The molecule has 0 aliphatic heterocycles. The average molecular weight is 281 g/mol. The summed E-state index contributed by atoms with van der Waals surface area (Å²) in [6.07, 6.45) is -0.347. The topological polar surface area (TPSA) is 81.8 Å². The molecule has 20 heavy (non-hydrogen) atoms. The van der Waals surface area contributed by atoms with E-state index in [0.29, 0.717) is 17.7 Å². The highest BCUT2D eigenvalue weighted by Gasteiger charge is 2.22. The molecular weight excluding hydrogens is 258 g/mol. The fourth-order valence-electron chi connectivity index (χ4n) is 2.00. The van der Waals surface area contributed by atoms with Crippen LogP contribution in [-0.4, -0.2) is 31.3 Å². The van der Waals surface area contributed by atoms with Crippen molar-refractivity contribution in [2.45, 2.75) is 38.8 Å². The fraction of sp³-hybridized carbons (Fsp3) is 0.533. The van der Waals surface area contributed by atoms with Crippen molar-refractivity contribution >= 4 is 5.97 Å². The van der Waals surface area contributed by atoms with Crippen LogP contribution in [0.15, 0.2) is 12.1 Å². The highest BCUT2D eigenvalue weighted by molar-refractivity contribution is 5.69. The summed E-state index contributed by atoms with van der Waals surface area (Å²) in [5.41, 5.74) is 8.74. The first kappa shape index (κ1) is 16.5. The zero-order chi connectivity index (χ0) is 15.3. The molecule has 112 valence electrons. The summed E-state index contributed by atoms with van der Waals surface area (Å²) in [5, 5.41) is 10.3. The quantitative estimate of drug-likeness (QED) is 0.774. The summed E-state index contributed by atoms with van der Waals surface area (Å²) in [5.74, 6) is 0.272. The van der Waals surface area contributed by atoms with Gasteiger partial charge < -0.3 is 20.3 Å². The molecule has 0 aliphatic carbocycles. The zero-order valence-electron chi connectivity index (χ0n) is 12.5. The van der Waals surface area contributed by atoms with E-state index < -0.39 is 12.1 Å². The predicted octanol–water partition coefficient (Wildman–Crippen LogP) is 1.63. The summed E-state index contributed by atoms with van der Waals surface area (Å²) < 4.78 is 9.86. The molecule has 1 aromatic rings. The molecule has 5 heteroatoms. The van der Waals surface area contributed by atoms with Gasteiger partial charge in [0.1, 0.15) is 5.75 Å². The van der Waals surface area contributed by atoms with Gasteiger partial charge in [-0.15, -0.1) is 0 Å². The lowest BCUT2D eigenvalue weighted by Gasteiger charge is -2.22. The number of hydrogen-bond acceptors (Lipinski definition) is 5. The highest BCUT2D eigenvalue weighted by atomic mass is 16.5. The van der Waals surface area contributed by atoms with Gasteiger partial charge in [-0.05, 0) is 43.5 Å². The van der Waals surface area contributed by atoms with Gasteiger partial charge in [0.25, 0.3) is 0 Å². The number of ether oxygens (including phenoxy) is 2. The van der Waals surface area contributed by atoms with Crippen molar-refractivity contribution in [1.29, 1.82) is 0 Å². The zero-order valence-corrected chi connectivity index (χ0v) is 12.5. The Labute approximate surface area is 119 Å². The first-order valence-corrected chi connectivity index (χ1v) is 6.56. The summed E-state index contributed by atoms with van der Waals surface area (Å²) in [6, 6.07) is 3.20. The molecule has 0 radical (unpaired) electrons. The molecule has 0 fully saturated rings. The number of esters is 1. The lowest BCUT2D eigenvalue weighted by molar-refractivity contribution is -0.140. The third-order valence-electron chi connectivity index (χ3n) is 3.48. The van der Waals surface area contributed by atoms with E-state index in [1.807, 2.05) is 26.0 Å². The van der Waals surface area contributed by atoms with Crippen LogP contribution in [0.1, 0.15) is 35.6 Å². The number of hydrogen-bond donors (Lipinski definition) is 2. The Hall–Kier alpha value is -1.59. The van der Waals surface area contributed by atoms with Crippen LogP contribution in [0.2, 0.25) is 0 Å². The molecule has 1 rings (SSSR count). The van der Waals surface area contributed by atoms with Crippen LogP contribution in [0.4, 0.5) is 0 Å². The fourth-order valence-corrected chi connectivity index (χ4v) is 2.00. The van der Waals surface area contributed by atoms with E-state index in [2.05, 4.69) is 4.74 Å². The van der Waals surface area contributed by atoms with E-state index in [1.165, 1.54) is 7.11 Å². The largest absolute Gasteiger partial charge is 0.496 e. The van der Waals surface area contributed by atoms with E-state index in [0.717, 1.165) is 11.1 Å². The Morgan fingerprint density at radius 2 is 1.90 bits per heavy atom. The van der Waals surface area contributed by atoms with E-state index in [-0.39, 0.29) is 12.4 Å². The number of aryl methyl sites for hydroxylation is 2. The van der Waals surface area contributed by atoms with Gasteiger partial charge in [-0.25, -0.2) is 0 Å². The van der Waals surface area contributed by atoms with Gasteiger partial charge in [-0.3, -0.25) is 4.79 Å². The molecule has 2 atom stereocenters. The lowest BCUT2D eigenvalue weighted by Crippen LogP contribution is -2.29. The number of nitrogens with two attached hydrogens (primary N) is 1. The highest BCUT2D eigenvalue weighted by Crippen LogP contribution is 2.30. The lowest BCUT2D eigenvalue weighted by atomic mass is 9.95. The van der Waals surface area contributed by atoms with Gasteiger partial charge in [-0.2, -0.15) is 0 Å². The number of carbonyl (C=O) groups is 1. The Morgan fingerprint density at radius 3 is 2.45 bits per heavy atom. The van der Waals surface area contributed by atoms with E-state index in [1.54, 1.807) is 7.11 Å². The van der Waals surface area contributed by atoms with Crippen LogP contribution >= 0.6 is 0 Å². The van der Waals surface area contributed by atoms with Crippen LogP contribution < -0.4 is 10.5 Å². The number of carbonyl (C=O) groups excluding carboxylic acids is 1. The Morgan fingerprint density at radius 1 is 1.30 bits per heavy atom. The van der Waals surface area contributed by atoms with Crippen molar-refractivity contribution in [2.75, 3.05) is 14.2 Å². The SMILES string of the molecule is COC(=O)CCC(N)C(O)c1cc(C)c(C)cc1OC. The Kier molecular flexibility index (Phi) is 5.98. The Bertz CT molecular complexity index is 473. The molecule has 0 aromatic heterocycles. The third kappa shape index (κ3) is 3.95. The van der Waals surface area contributed by atoms with E-state index in [9.17, 15) is 9.90 Å². The second-order valence-electron chi connectivity index (χ2n) is 4.90. The minimum atomic E-state index is -0.881. The molecule has 0 aliphatic rings. The van der Waals surface area contributed by atoms with Crippen LogP contribution in [0.3, 0.4) is 0 Å². The molecular formula is C15H23NO4. The smallest absolute Gasteiger partial charge is 0.305 e. The number of methoxy groups -OCH3 is 2. The molecule has 0 bridgehead atoms. The maximum atomic E-state index is 11.1. The minimum absolute atomic E-state index is 0.182. The van der Waals surface area contributed by atoms with Gasteiger partial charge in [0.2, 0.25) is 0 Å². The number of rotatable bonds is 6. The monoisotopic (exact) mass is 281 g/mol. The molecule has 0 saturated carbocycles. The van der Waals surface area contributed by atoms with Crippen LogP contribution in [-0.2, 0) is 9.53 Å². The number of aliphatic hydroxyl groups excluding tert-OH is 1. The molecule has 5 nitrogen and oxygen atoms in total. The van der Waals surface area contributed by atoms with E-state index >= 15 is 0 Å². The second-order valence-corrected chi connectivity index (χ2v) is 4.90. The summed E-state index contributed by atoms with van der Waals surface area (Å²) in [7, 11) is 2.89. The minimum Gasteiger partial charge on any atom is -0.496 e. The van der Waals surface area contributed by atoms with Gasteiger partial charge in [-0.1, -0.05) is 0 Å². The maximum absolute atomic E-state index is 11.1. The molecule has 0 saturated heterocycles. The Balaban J connectivity index is 2.87. The number of aliphatic hydroxyl groups is 1. The molecule has 0 amide bonds. The summed E-state index contributed by atoms with van der Waals surface area (Å²) in [6.45, 7) is 3.94. The van der Waals surface area contributed by atoms with Crippen LogP contribution in [0.25, 0.3) is 0 Å². The number of benzene rings is 1. The first-order valence-electron chi connectivity index (χ1n) is 6.56. The first-order chi connectivity index (χ1) is 9.40. The van der Waals surface area contributed by atoms with Crippen LogP contribution in [0.5, 0.6) is 5.75 Å². The van der Waals surface area contributed by atoms with Crippen molar-refractivity contribution in [3.63, 3.8) is 0 Å². The second kappa shape index (κ2) is 7.26. The van der Waals surface area contributed by atoms with Crippen molar-refractivity contribution in [3.05, 3.63) is 28.8 Å². The molecule has 0 spiro atoms. The van der Waals surface area contributed by atoms with Crippen molar-refractivity contribution < 1.29 is 19.4 Å². The maximum Gasteiger partial charge on any atom is 0.305 e. The standard InChI is InChI=1S/C15H23NO4/c1-9-7-11(13(19-3)8-10(9)2)15(18)12(16)5-6-14(17)20-4/h7-8,12,15,18H,5-6,16H2,1-4H3. The average Bonchev–Trinajstić information content (AvgIpc) is 2.45. The predicted molar refractivity (Wildman–Crippen MR) is 76.7 cm³/mol. The van der Waals surface area contributed by atoms with E-state index in [4.69, 9.17) is 10.5 Å². The third-order valence-corrected chi connectivity index (χ3v) is 3.48. The van der Waals surface area contributed by atoms with Gasteiger partial charge in [0.15, 0.2) is 0 Å². The molecule has 1 aromatic carbocycles. The molecule has 2 unspecified atom stereocenters. The normalized spacial score (nSPS) is 13.7. The van der Waals surface area contributed by atoms with Crippen LogP contribution in [0, 0.1) is 13.8 Å². The van der Waals surface area contributed by atoms with Crippen molar-refractivity contribution in [3.8, 4) is 5.75 Å². The summed E-state index contributed by atoms with van der Waals surface area (Å²) >= 11 is 0. The van der Waals surface area contributed by atoms with Crippen molar-refractivity contribution in [1.82, 2.24) is 0 Å². The molecule has 0 heterocycles.